The molecule has 0 unspecified atom stereocenters. The first-order valence-electron chi connectivity index (χ1n) is 8.92. The van der Waals surface area contributed by atoms with Crippen LogP contribution in [0.1, 0.15) is 25.3 Å². The van der Waals surface area contributed by atoms with Crippen molar-refractivity contribution in [1.82, 2.24) is 14.9 Å². The molecule has 7 heteroatoms. The van der Waals surface area contributed by atoms with Gasteiger partial charge in [0.2, 0.25) is 5.95 Å². The van der Waals surface area contributed by atoms with E-state index in [0.29, 0.717) is 35.1 Å². The molecule has 3 fully saturated rings. The molecule has 0 radical (unpaired) electrons. The van der Waals surface area contributed by atoms with Crippen molar-refractivity contribution >= 4 is 5.95 Å². The monoisotopic (exact) mass is 362 g/mol. The van der Waals surface area contributed by atoms with Gasteiger partial charge in [-0.15, -0.1) is 0 Å². The molecule has 3 saturated heterocycles. The maximum atomic E-state index is 12.9. The standard InChI is InChI=1S/C19H21F3N4/c1-12-17(13-5-7-26(12)8-6-13)25-18-23-10-15(11-24-18)14-3-2-4-16(9-14)19(20,21)22/h2-4,9-13,17H,5-8H2,1H3,(H,23,24,25)/t12-,17-/m1/s1. The maximum absolute atomic E-state index is 12.9. The third-order valence-electron chi connectivity index (χ3n) is 5.65. The summed E-state index contributed by atoms with van der Waals surface area (Å²) in [7, 11) is 0. The van der Waals surface area contributed by atoms with Crippen LogP contribution in [0.5, 0.6) is 0 Å². The highest BCUT2D eigenvalue weighted by Gasteiger charge is 2.40. The zero-order chi connectivity index (χ0) is 18.3. The molecule has 0 aliphatic carbocycles. The summed E-state index contributed by atoms with van der Waals surface area (Å²) in [5.74, 6) is 1.16. The minimum atomic E-state index is -4.36. The lowest BCUT2D eigenvalue weighted by atomic mass is 9.79. The maximum Gasteiger partial charge on any atom is 0.416 e. The van der Waals surface area contributed by atoms with Crippen LogP contribution in [-0.2, 0) is 6.18 Å². The van der Waals surface area contributed by atoms with Gasteiger partial charge in [0.15, 0.2) is 0 Å². The number of fused-ring (bicyclic) bond motifs is 3. The van der Waals surface area contributed by atoms with Crippen LogP contribution in [0.4, 0.5) is 19.1 Å². The number of halogens is 3. The Morgan fingerprint density at radius 2 is 1.77 bits per heavy atom. The molecule has 3 aliphatic rings. The first-order chi connectivity index (χ1) is 12.4. The molecule has 0 saturated carbocycles. The lowest BCUT2D eigenvalue weighted by molar-refractivity contribution is -0.137. The second-order valence-corrected chi connectivity index (χ2v) is 7.16. The Hall–Kier alpha value is -2.15. The lowest BCUT2D eigenvalue weighted by Gasteiger charge is -2.49. The highest BCUT2D eigenvalue weighted by atomic mass is 19.4. The third kappa shape index (κ3) is 3.28. The Balaban J connectivity index is 1.51. The quantitative estimate of drug-likeness (QED) is 0.894. The van der Waals surface area contributed by atoms with E-state index in [0.717, 1.165) is 25.2 Å². The molecule has 2 bridgehead atoms. The summed E-state index contributed by atoms with van der Waals surface area (Å²) in [6, 6.07) is 5.98. The average molecular weight is 362 g/mol. The second kappa shape index (κ2) is 6.54. The Labute approximate surface area is 150 Å². The van der Waals surface area contributed by atoms with Crippen molar-refractivity contribution in [2.45, 2.75) is 38.0 Å². The number of piperidine rings is 3. The van der Waals surface area contributed by atoms with Crippen molar-refractivity contribution in [2.24, 2.45) is 5.92 Å². The first-order valence-corrected chi connectivity index (χ1v) is 8.92. The lowest BCUT2D eigenvalue weighted by Crippen LogP contribution is -2.59. The molecule has 1 aromatic carbocycles. The molecule has 5 rings (SSSR count). The Morgan fingerprint density at radius 3 is 2.38 bits per heavy atom. The van der Waals surface area contributed by atoms with Gasteiger partial charge in [0.1, 0.15) is 0 Å². The fourth-order valence-corrected chi connectivity index (χ4v) is 4.12. The normalized spacial score (nSPS) is 28.2. The van der Waals surface area contributed by atoms with E-state index in [-0.39, 0.29) is 0 Å². The van der Waals surface area contributed by atoms with Crippen LogP contribution in [0.3, 0.4) is 0 Å². The van der Waals surface area contributed by atoms with E-state index >= 15 is 0 Å². The largest absolute Gasteiger partial charge is 0.416 e. The van der Waals surface area contributed by atoms with Gasteiger partial charge in [-0.25, -0.2) is 9.97 Å². The predicted molar refractivity (Wildman–Crippen MR) is 93.6 cm³/mol. The molecule has 4 heterocycles. The summed E-state index contributed by atoms with van der Waals surface area (Å²) in [6.45, 7) is 4.53. The van der Waals surface area contributed by atoms with E-state index in [9.17, 15) is 13.2 Å². The van der Waals surface area contributed by atoms with Crippen LogP contribution >= 0.6 is 0 Å². The number of benzene rings is 1. The molecule has 2 atom stereocenters. The Kier molecular flexibility index (Phi) is 4.34. The van der Waals surface area contributed by atoms with Crippen molar-refractivity contribution in [2.75, 3.05) is 18.4 Å². The highest BCUT2D eigenvalue weighted by molar-refractivity contribution is 5.63. The van der Waals surface area contributed by atoms with Gasteiger partial charge in [-0.05, 0) is 56.5 Å². The summed E-state index contributed by atoms with van der Waals surface area (Å²) in [4.78, 5) is 11.2. The summed E-state index contributed by atoms with van der Waals surface area (Å²) in [6.07, 6.45) is 1.17. The molecule has 3 aliphatic heterocycles. The van der Waals surface area contributed by atoms with Gasteiger partial charge in [0.05, 0.1) is 5.56 Å². The Bertz CT molecular complexity index is 765. The van der Waals surface area contributed by atoms with Crippen LogP contribution in [0, 0.1) is 5.92 Å². The predicted octanol–water partition coefficient (Wildman–Crippen LogP) is 4.06. The van der Waals surface area contributed by atoms with Crippen molar-refractivity contribution in [3.63, 3.8) is 0 Å². The zero-order valence-electron chi connectivity index (χ0n) is 14.5. The van der Waals surface area contributed by atoms with E-state index in [4.69, 9.17) is 0 Å². The number of hydrogen-bond donors (Lipinski definition) is 1. The molecule has 0 spiro atoms. The number of aromatic nitrogens is 2. The average Bonchev–Trinajstić information content (AvgIpc) is 2.65. The second-order valence-electron chi connectivity index (χ2n) is 7.16. The minimum absolute atomic E-state index is 0.317. The zero-order valence-corrected chi connectivity index (χ0v) is 14.5. The summed E-state index contributed by atoms with van der Waals surface area (Å²) in [5, 5.41) is 3.43. The van der Waals surface area contributed by atoms with Crippen LogP contribution < -0.4 is 5.32 Å². The number of alkyl halides is 3. The highest BCUT2D eigenvalue weighted by Crippen LogP contribution is 2.34. The first kappa shape index (κ1) is 17.3. The summed E-state index contributed by atoms with van der Waals surface area (Å²) >= 11 is 0. The van der Waals surface area contributed by atoms with Crippen molar-refractivity contribution < 1.29 is 13.2 Å². The molecule has 4 nitrogen and oxygen atoms in total. The smallest absolute Gasteiger partial charge is 0.350 e. The minimum Gasteiger partial charge on any atom is -0.350 e. The van der Waals surface area contributed by atoms with Gasteiger partial charge in [0.25, 0.3) is 0 Å². The fraction of sp³-hybridized carbons (Fsp3) is 0.474. The van der Waals surface area contributed by atoms with E-state index in [1.165, 1.54) is 18.9 Å². The van der Waals surface area contributed by atoms with Gasteiger partial charge in [0, 0.05) is 30.0 Å². The van der Waals surface area contributed by atoms with E-state index in [1.807, 2.05) is 0 Å². The van der Waals surface area contributed by atoms with Crippen molar-refractivity contribution in [3.05, 3.63) is 42.2 Å². The fourth-order valence-electron chi connectivity index (χ4n) is 4.12. The number of hydrogen-bond acceptors (Lipinski definition) is 4. The molecule has 2 aromatic rings. The Morgan fingerprint density at radius 1 is 1.08 bits per heavy atom. The summed E-state index contributed by atoms with van der Waals surface area (Å²) in [5.41, 5.74) is 0.365. The van der Waals surface area contributed by atoms with Gasteiger partial charge < -0.3 is 5.32 Å². The summed E-state index contributed by atoms with van der Waals surface area (Å²) < 4.78 is 38.6. The third-order valence-corrected chi connectivity index (χ3v) is 5.65. The molecule has 26 heavy (non-hydrogen) atoms. The molecule has 1 N–H and O–H groups in total. The molecule has 1 aromatic heterocycles. The number of nitrogens with one attached hydrogen (secondary N) is 1. The van der Waals surface area contributed by atoms with Crippen molar-refractivity contribution in [3.8, 4) is 11.1 Å². The SMILES string of the molecule is C[C@@H]1[C@@H](Nc2ncc(-c3cccc(C(F)(F)F)c3)cn2)C2CCN1CC2. The number of anilines is 1. The molecule has 0 amide bonds. The topological polar surface area (TPSA) is 41.1 Å². The van der Waals surface area contributed by atoms with E-state index in [2.05, 4.69) is 27.1 Å². The number of rotatable bonds is 3. The van der Waals surface area contributed by atoms with Gasteiger partial charge in [-0.2, -0.15) is 13.2 Å². The van der Waals surface area contributed by atoms with Crippen LogP contribution in [0.15, 0.2) is 36.7 Å². The van der Waals surface area contributed by atoms with Gasteiger partial charge in [-0.1, -0.05) is 12.1 Å². The number of nitrogens with zero attached hydrogens (tertiary/aromatic N) is 3. The van der Waals surface area contributed by atoms with Crippen LogP contribution in [0.2, 0.25) is 0 Å². The van der Waals surface area contributed by atoms with Crippen LogP contribution in [-0.4, -0.2) is 40.0 Å². The van der Waals surface area contributed by atoms with Crippen molar-refractivity contribution in [1.29, 1.82) is 0 Å². The molecular formula is C19H21F3N4. The van der Waals surface area contributed by atoms with Gasteiger partial charge in [-0.3, -0.25) is 4.90 Å². The van der Waals surface area contributed by atoms with Gasteiger partial charge >= 0.3 is 6.18 Å². The van der Waals surface area contributed by atoms with E-state index < -0.39 is 11.7 Å². The van der Waals surface area contributed by atoms with Crippen LogP contribution in [0.25, 0.3) is 11.1 Å². The van der Waals surface area contributed by atoms with E-state index in [1.54, 1.807) is 18.5 Å². The molecular weight excluding hydrogens is 341 g/mol. The molecule has 138 valence electrons.